The topological polar surface area (TPSA) is 49.4 Å². The summed E-state index contributed by atoms with van der Waals surface area (Å²) < 4.78 is 26.3. The number of hydrogen-bond acceptors (Lipinski definition) is 3. The number of hydrogen-bond donors (Lipinski definition) is 1. The van der Waals surface area contributed by atoms with Crippen LogP contribution >= 0.6 is 0 Å². The van der Waals surface area contributed by atoms with Crippen LogP contribution in [0.5, 0.6) is 0 Å². The Kier molecular flexibility index (Phi) is 5.05. The first kappa shape index (κ1) is 15.3. The van der Waals surface area contributed by atoms with Gasteiger partial charge in [-0.15, -0.1) is 0 Å². The fourth-order valence-electron chi connectivity index (χ4n) is 2.53. The second-order valence-corrected chi connectivity index (χ2v) is 7.46. The van der Waals surface area contributed by atoms with Crippen molar-refractivity contribution in [3.8, 4) is 0 Å². The van der Waals surface area contributed by atoms with Gasteiger partial charge in [-0.1, -0.05) is 25.5 Å². The van der Waals surface area contributed by atoms with E-state index in [1.54, 1.807) is 7.05 Å². The van der Waals surface area contributed by atoms with Crippen molar-refractivity contribution < 1.29 is 8.42 Å². The molecule has 112 valence electrons. The highest BCUT2D eigenvalue weighted by Crippen LogP contribution is 2.19. The second-order valence-electron chi connectivity index (χ2n) is 5.41. The van der Waals surface area contributed by atoms with E-state index in [1.807, 2.05) is 24.3 Å². The quantitative estimate of drug-likeness (QED) is 0.906. The van der Waals surface area contributed by atoms with Gasteiger partial charge >= 0.3 is 0 Å². The second kappa shape index (κ2) is 6.59. The van der Waals surface area contributed by atoms with Crippen LogP contribution in [0.25, 0.3) is 0 Å². The summed E-state index contributed by atoms with van der Waals surface area (Å²) in [5.74, 6) is 0.180. The Hall–Kier alpha value is -1.07. The van der Waals surface area contributed by atoms with E-state index in [1.165, 1.54) is 9.87 Å². The van der Waals surface area contributed by atoms with Gasteiger partial charge in [-0.05, 0) is 43.5 Å². The lowest BCUT2D eigenvalue weighted by molar-refractivity contribution is 0.423. The lowest BCUT2D eigenvalue weighted by atomic mass is 10.1. The molecule has 1 N–H and O–H groups in total. The Bertz CT molecular complexity index is 519. The highest BCUT2D eigenvalue weighted by atomic mass is 32.2. The summed E-state index contributed by atoms with van der Waals surface area (Å²) in [7, 11) is -1.62. The molecule has 1 saturated heterocycles. The van der Waals surface area contributed by atoms with Crippen LogP contribution in [0.3, 0.4) is 0 Å². The number of nitrogens with one attached hydrogen (secondary N) is 1. The number of benzene rings is 1. The van der Waals surface area contributed by atoms with E-state index in [0.717, 1.165) is 37.9 Å². The summed E-state index contributed by atoms with van der Waals surface area (Å²) in [5.41, 5.74) is 1.95. The Morgan fingerprint density at radius 3 is 2.50 bits per heavy atom. The fourth-order valence-corrected chi connectivity index (χ4v) is 3.99. The fraction of sp³-hybridized carbons (Fsp3) is 0.600. The van der Waals surface area contributed by atoms with Crippen LogP contribution in [0.4, 0.5) is 5.69 Å². The third kappa shape index (κ3) is 3.73. The van der Waals surface area contributed by atoms with Crippen molar-refractivity contribution in [1.82, 2.24) is 5.32 Å². The number of nitrogens with zero attached hydrogens (tertiary/aromatic N) is 1. The van der Waals surface area contributed by atoms with Gasteiger partial charge < -0.3 is 5.32 Å². The molecule has 0 spiro atoms. The highest BCUT2D eigenvalue weighted by Gasteiger charge is 2.24. The predicted molar refractivity (Wildman–Crippen MR) is 83.7 cm³/mol. The number of sulfonamides is 1. The molecule has 1 fully saturated rings. The average Bonchev–Trinajstić information content (AvgIpc) is 2.47. The monoisotopic (exact) mass is 296 g/mol. The molecule has 1 aromatic rings. The Labute approximate surface area is 122 Å². The van der Waals surface area contributed by atoms with E-state index >= 15 is 0 Å². The van der Waals surface area contributed by atoms with Crippen LogP contribution in [0.15, 0.2) is 24.3 Å². The van der Waals surface area contributed by atoms with Gasteiger partial charge in [-0.3, -0.25) is 4.31 Å². The first-order chi connectivity index (χ1) is 9.53. The highest BCUT2D eigenvalue weighted by molar-refractivity contribution is 7.92. The number of anilines is 1. The van der Waals surface area contributed by atoms with Crippen LogP contribution in [0.1, 0.15) is 31.7 Å². The summed E-state index contributed by atoms with van der Waals surface area (Å²) in [5, 5.41) is 3.29. The van der Waals surface area contributed by atoms with E-state index in [0.29, 0.717) is 0 Å². The summed E-state index contributed by atoms with van der Waals surface area (Å²) in [4.78, 5) is 0. The van der Waals surface area contributed by atoms with Crippen molar-refractivity contribution in [2.45, 2.75) is 38.6 Å². The zero-order valence-corrected chi connectivity index (χ0v) is 13.1. The van der Waals surface area contributed by atoms with Crippen molar-refractivity contribution in [3.05, 3.63) is 29.8 Å². The van der Waals surface area contributed by atoms with E-state index in [-0.39, 0.29) is 11.8 Å². The largest absolute Gasteiger partial charge is 0.313 e. The van der Waals surface area contributed by atoms with Gasteiger partial charge in [-0.25, -0.2) is 8.42 Å². The number of aryl methyl sites for hydroxylation is 1. The molecule has 0 saturated carbocycles. The van der Waals surface area contributed by atoms with Crippen LogP contribution in [0, 0.1) is 0 Å². The van der Waals surface area contributed by atoms with Crippen molar-refractivity contribution in [2.24, 2.45) is 0 Å². The van der Waals surface area contributed by atoms with Gasteiger partial charge in [-0.2, -0.15) is 0 Å². The molecule has 1 heterocycles. The molecule has 0 amide bonds. The zero-order chi connectivity index (χ0) is 14.6. The molecule has 1 atom stereocenters. The molecule has 5 heteroatoms. The number of piperidine rings is 1. The van der Waals surface area contributed by atoms with Crippen LogP contribution < -0.4 is 9.62 Å². The number of rotatable bonds is 5. The lowest BCUT2D eigenvalue weighted by Crippen LogP contribution is -2.43. The van der Waals surface area contributed by atoms with E-state index < -0.39 is 10.0 Å². The normalized spacial score (nSPS) is 19.8. The maximum Gasteiger partial charge on any atom is 0.236 e. The minimum atomic E-state index is -3.26. The predicted octanol–water partition coefficient (Wildman–Crippen LogP) is 2.16. The molecule has 0 aliphatic carbocycles. The Balaban J connectivity index is 2.06. The smallest absolute Gasteiger partial charge is 0.236 e. The first-order valence-corrected chi connectivity index (χ1v) is 8.93. The molecule has 0 radical (unpaired) electrons. The minimum Gasteiger partial charge on any atom is -0.313 e. The molecule has 1 aliphatic heterocycles. The standard InChI is InChI=1S/C15H24N2O2S/c1-3-13-7-9-15(10-8-13)17(2)20(18,19)12-14-6-4-5-11-16-14/h7-10,14,16H,3-6,11-12H2,1-2H3. The van der Waals surface area contributed by atoms with Crippen LogP contribution in [-0.2, 0) is 16.4 Å². The van der Waals surface area contributed by atoms with Gasteiger partial charge in [0.05, 0.1) is 11.4 Å². The van der Waals surface area contributed by atoms with Gasteiger partial charge in [0.25, 0.3) is 0 Å². The summed E-state index contributed by atoms with van der Waals surface area (Å²) in [6.07, 6.45) is 4.16. The van der Waals surface area contributed by atoms with Gasteiger partial charge in [0, 0.05) is 13.1 Å². The van der Waals surface area contributed by atoms with Crippen LogP contribution in [-0.4, -0.2) is 33.8 Å². The first-order valence-electron chi connectivity index (χ1n) is 7.32. The molecule has 4 nitrogen and oxygen atoms in total. The summed E-state index contributed by atoms with van der Waals surface area (Å²) in [6, 6.07) is 7.82. The lowest BCUT2D eigenvalue weighted by Gasteiger charge is -2.26. The molecule has 0 aromatic heterocycles. The van der Waals surface area contributed by atoms with Gasteiger partial charge in [0.2, 0.25) is 10.0 Å². The maximum atomic E-state index is 12.4. The molecular weight excluding hydrogens is 272 g/mol. The van der Waals surface area contributed by atoms with Crippen molar-refractivity contribution in [2.75, 3.05) is 23.7 Å². The summed E-state index contributed by atoms with van der Waals surface area (Å²) >= 11 is 0. The molecule has 1 unspecified atom stereocenters. The van der Waals surface area contributed by atoms with Crippen molar-refractivity contribution in [1.29, 1.82) is 0 Å². The minimum absolute atomic E-state index is 0.0890. The van der Waals surface area contributed by atoms with E-state index in [2.05, 4.69) is 12.2 Å². The van der Waals surface area contributed by atoms with Gasteiger partial charge in [0.1, 0.15) is 0 Å². The average molecular weight is 296 g/mol. The van der Waals surface area contributed by atoms with Crippen molar-refractivity contribution in [3.63, 3.8) is 0 Å². The molecular formula is C15H24N2O2S. The molecule has 2 rings (SSSR count). The molecule has 20 heavy (non-hydrogen) atoms. The molecule has 1 aromatic carbocycles. The third-order valence-electron chi connectivity index (χ3n) is 3.95. The Morgan fingerprint density at radius 1 is 1.25 bits per heavy atom. The van der Waals surface area contributed by atoms with Gasteiger partial charge in [0.15, 0.2) is 0 Å². The van der Waals surface area contributed by atoms with Crippen LogP contribution in [0.2, 0.25) is 0 Å². The summed E-state index contributed by atoms with van der Waals surface area (Å²) in [6.45, 7) is 3.01. The third-order valence-corrected chi connectivity index (χ3v) is 5.82. The van der Waals surface area contributed by atoms with Crippen molar-refractivity contribution >= 4 is 15.7 Å². The molecule has 1 aliphatic rings. The SMILES string of the molecule is CCc1ccc(N(C)S(=O)(=O)CC2CCCCN2)cc1. The maximum absolute atomic E-state index is 12.4. The zero-order valence-electron chi connectivity index (χ0n) is 12.3. The molecule has 0 bridgehead atoms. The van der Waals surface area contributed by atoms with E-state index in [9.17, 15) is 8.42 Å². The van der Waals surface area contributed by atoms with E-state index in [4.69, 9.17) is 0 Å². The Morgan fingerprint density at radius 2 is 1.95 bits per heavy atom.